The van der Waals surface area contributed by atoms with Gasteiger partial charge in [0.2, 0.25) is 0 Å². The summed E-state index contributed by atoms with van der Waals surface area (Å²) >= 11 is 11.6. The van der Waals surface area contributed by atoms with Gasteiger partial charge < -0.3 is 5.11 Å². The van der Waals surface area contributed by atoms with Crippen molar-refractivity contribution in [2.75, 3.05) is 0 Å². The summed E-state index contributed by atoms with van der Waals surface area (Å²) in [6.45, 7) is -0.770. The van der Waals surface area contributed by atoms with Crippen LogP contribution >= 0.6 is 23.2 Å². The van der Waals surface area contributed by atoms with Gasteiger partial charge in [0.1, 0.15) is 5.15 Å². The summed E-state index contributed by atoms with van der Waals surface area (Å²) in [5, 5.41) is 12.8. The molecule has 0 atom stereocenters. The van der Waals surface area contributed by atoms with E-state index in [0.29, 0.717) is 10.6 Å². The number of rotatable bonds is 3. The third-order valence-corrected chi connectivity index (χ3v) is 3.33. The summed E-state index contributed by atoms with van der Waals surface area (Å²) < 4.78 is 39.3. The van der Waals surface area contributed by atoms with Crippen LogP contribution in [0.15, 0.2) is 24.3 Å². The molecule has 20 heavy (non-hydrogen) atoms. The monoisotopic (exact) mass is 324 g/mol. The molecule has 0 unspecified atom stereocenters. The van der Waals surface area contributed by atoms with Gasteiger partial charge in [-0.05, 0) is 17.7 Å². The topological polar surface area (TPSA) is 38.1 Å². The van der Waals surface area contributed by atoms with Gasteiger partial charge in [0.05, 0.1) is 13.2 Å². The summed E-state index contributed by atoms with van der Waals surface area (Å²) in [4.78, 5) is 0. The summed E-state index contributed by atoms with van der Waals surface area (Å²) in [5.41, 5.74) is -0.899. The molecule has 0 spiro atoms. The van der Waals surface area contributed by atoms with Crippen molar-refractivity contribution in [2.45, 2.75) is 19.3 Å². The largest absolute Gasteiger partial charge is 0.435 e. The number of aliphatic hydroxyl groups excluding tert-OH is 1. The Morgan fingerprint density at radius 2 is 1.75 bits per heavy atom. The second kappa shape index (κ2) is 5.63. The van der Waals surface area contributed by atoms with E-state index < -0.39 is 24.0 Å². The molecule has 0 aliphatic carbocycles. The second-order valence-corrected chi connectivity index (χ2v) is 4.85. The minimum Gasteiger partial charge on any atom is -0.391 e. The Morgan fingerprint density at radius 3 is 2.20 bits per heavy atom. The third kappa shape index (κ3) is 3.08. The molecule has 0 aliphatic rings. The average Bonchev–Trinajstić information content (AvgIpc) is 2.69. The van der Waals surface area contributed by atoms with Crippen LogP contribution in [0.4, 0.5) is 13.2 Å². The number of hydrogen-bond acceptors (Lipinski definition) is 2. The average molecular weight is 325 g/mol. The minimum absolute atomic E-state index is 0.0546. The van der Waals surface area contributed by atoms with E-state index >= 15 is 0 Å². The molecule has 0 saturated heterocycles. The highest BCUT2D eigenvalue weighted by molar-refractivity contribution is 6.30. The maximum absolute atomic E-state index is 12.8. The molecule has 1 N–H and O–H groups in total. The van der Waals surface area contributed by atoms with Crippen molar-refractivity contribution in [3.8, 4) is 0 Å². The van der Waals surface area contributed by atoms with Crippen molar-refractivity contribution in [1.29, 1.82) is 0 Å². The molecule has 1 heterocycles. The van der Waals surface area contributed by atoms with Crippen molar-refractivity contribution in [2.24, 2.45) is 0 Å². The van der Waals surface area contributed by atoms with Crippen LogP contribution in [0.3, 0.4) is 0 Å². The predicted octanol–water partition coefficient (Wildman–Crippen LogP) is 3.75. The van der Waals surface area contributed by atoms with Gasteiger partial charge in [-0.1, -0.05) is 35.3 Å². The number of hydrogen-bond donors (Lipinski definition) is 1. The molecule has 0 fully saturated rings. The standard InChI is InChI=1S/C12H9Cl2F3N2O/c13-8-3-1-7(2-4-8)5-19-11(14)9(6-20)10(18-19)12(15,16)17/h1-4,20H,5-6H2. The van der Waals surface area contributed by atoms with Crippen LogP contribution in [-0.2, 0) is 19.3 Å². The smallest absolute Gasteiger partial charge is 0.391 e. The van der Waals surface area contributed by atoms with Gasteiger partial charge in [0.15, 0.2) is 5.69 Å². The first-order valence-electron chi connectivity index (χ1n) is 5.50. The van der Waals surface area contributed by atoms with Crippen LogP contribution in [0, 0.1) is 0 Å². The zero-order valence-electron chi connectivity index (χ0n) is 9.96. The fourth-order valence-corrected chi connectivity index (χ4v) is 2.09. The molecular weight excluding hydrogens is 316 g/mol. The van der Waals surface area contributed by atoms with Gasteiger partial charge in [-0.2, -0.15) is 18.3 Å². The number of alkyl halides is 3. The van der Waals surface area contributed by atoms with Gasteiger partial charge in [-0.15, -0.1) is 0 Å². The van der Waals surface area contributed by atoms with Gasteiger partial charge in [0.25, 0.3) is 0 Å². The Labute approximate surface area is 122 Å². The number of benzene rings is 1. The van der Waals surface area contributed by atoms with E-state index in [2.05, 4.69) is 5.10 Å². The Hall–Kier alpha value is -1.24. The number of aromatic nitrogens is 2. The molecule has 0 amide bonds. The van der Waals surface area contributed by atoms with Crippen LogP contribution in [0.25, 0.3) is 0 Å². The molecule has 3 nitrogen and oxygen atoms in total. The van der Waals surface area contributed by atoms with Crippen LogP contribution in [-0.4, -0.2) is 14.9 Å². The Kier molecular flexibility index (Phi) is 4.27. The van der Waals surface area contributed by atoms with E-state index in [1.807, 2.05) is 0 Å². The van der Waals surface area contributed by atoms with E-state index in [-0.39, 0.29) is 11.7 Å². The zero-order valence-corrected chi connectivity index (χ0v) is 11.5. The molecule has 108 valence electrons. The van der Waals surface area contributed by atoms with E-state index in [1.54, 1.807) is 24.3 Å². The van der Waals surface area contributed by atoms with Crippen molar-refractivity contribution in [3.05, 3.63) is 51.3 Å². The first-order chi connectivity index (χ1) is 9.32. The molecule has 1 aromatic carbocycles. The zero-order chi connectivity index (χ0) is 14.9. The van der Waals surface area contributed by atoms with E-state index in [1.165, 1.54) is 0 Å². The minimum atomic E-state index is -4.66. The maximum Gasteiger partial charge on any atom is 0.435 e. The number of aliphatic hydroxyl groups is 1. The number of halogens is 5. The lowest BCUT2D eigenvalue weighted by Crippen LogP contribution is -2.10. The predicted molar refractivity (Wildman–Crippen MR) is 68.7 cm³/mol. The normalized spacial score (nSPS) is 11.9. The second-order valence-electron chi connectivity index (χ2n) is 4.06. The van der Waals surface area contributed by atoms with Gasteiger partial charge >= 0.3 is 6.18 Å². The van der Waals surface area contributed by atoms with Crippen molar-refractivity contribution in [1.82, 2.24) is 9.78 Å². The first-order valence-corrected chi connectivity index (χ1v) is 6.26. The van der Waals surface area contributed by atoms with Crippen molar-refractivity contribution >= 4 is 23.2 Å². The van der Waals surface area contributed by atoms with E-state index in [4.69, 9.17) is 28.3 Å². The first kappa shape index (κ1) is 15.2. The highest BCUT2D eigenvalue weighted by atomic mass is 35.5. The van der Waals surface area contributed by atoms with Crippen LogP contribution in [0.2, 0.25) is 10.2 Å². The molecule has 2 rings (SSSR count). The molecular formula is C12H9Cl2F3N2O. The Bertz CT molecular complexity index is 608. The molecule has 1 aromatic heterocycles. The summed E-state index contributed by atoms with van der Waals surface area (Å²) in [6.07, 6.45) is -4.66. The van der Waals surface area contributed by atoms with Crippen LogP contribution in [0.1, 0.15) is 16.8 Å². The maximum atomic E-state index is 12.8. The third-order valence-electron chi connectivity index (χ3n) is 2.65. The van der Waals surface area contributed by atoms with Crippen molar-refractivity contribution in [3.63, 3.8) is 0 Å². The van der Waals surface area contributed by atoms with E-state index in [0.717, 1.165) is 4.68 Å². The van der Waals surface area contributed by atoms with Crippen molar-refractivity contribution < 1.29 is 18.3 Å². The number of nitrogens with zero attached hydrogens (tertiary/aromatic N) is 2. The fraction of sp³-hybridized carbons (Fsp3) is 0.250. The lowest BCUT2D eigenvalue weighted by Gasteiger charge is -2.04. The molecule has 0 saturated carbocycles. The SMILES string of the molecule is OCc1c(C(F)(F)F)nn(Cc2ccc(Cl)cc2)c1Cl. The molecule has 8 heteroatoms. The highest BCUT2D eigenvalue weighted by Gasteiger charge is 2.38. The summed E-state index contributed by atoms with van der Waals surface area (Å²) in [7, 11) is 0. The summed E-state index contributed by atoms with van der Waals surface area (Å²) in [6, 6.07) is 6.55. The fourth-order valence-electron chi connectivity index (χ4n) is 1.71. The van der Waals surface area contributed by atoms with Gasteiger partial charge in [0, 0.05) is 10.6 Å². The van der Waals surface area contributed by atoms with Crippen LogP contribution < -0.4 is 0 Å². The Morgan fingerprint density at radius 1 is 1.15 bits per heavy atom. The Balaban J connectivity index is 2.38. The molecule has 2 aromatic rings. The quantitative estimate of drug-likeness (QED) is 0.933. The lowest BCUT2D eigenvalue weighted by atomic mass is 10.2. The molecule has 0 bridgehead atoms. The van der Waals surface area contributed by atoms with Gasteiger partial charge in [-0.25, -0.2) is 4.68 Å². The highest BCUT2D eigenvalue weighted by Crippen LogP contribution is 2.34. The van der Waals surface area contributed by atoms with E-state index in [9.17, 15) is 13.2 Å². The van der Waals surface area contributed by atoms with Crippen LogP contribution in [0.5, 0.6) is 0 Å². The molecule has 0 radical (unpaired) electrons. The van der Waals surface area contributed by atoms with Gasteiger partial charge in [-0.3, -0.25) is 0 Å². The summed E-state index contributed by atoms with van der Waals surface area (Å²) in [5.74, 6) is 0. The molecule has 0 aliphatic heterocycles. The lowest BCUT2D eigenvalue weighted by molar-refractivity contribution is -0.142.